The van der Waals surface area contributed by atoms with Crippen molar-refractivity contribution in [3.05, 3.63) is 0 Å². The number of rotatable bonds is 0. The van der Waals surface area contributed by atoms with Crippen LogP contribution in [0.3, 0.4) is 0 Å². The largest absolute Gasteiger partial charge is 1.00 e. The fourth-order valence-electron chi connectivity index (χ4n) is 0. The predicted octanol–water partition coefficient (Wildman–Crippen LogP) is -57.1. The van der Waals surface area contributed by atoms with Gasteiger partial charge in [-0.2, -0.15) is 0 Å². The summed E-state index contributed by atoms with van der Waals surface area (Å²) in [4.78, 5) is 152. The van der Waals surface area contributed by atoms with Gasteiger partial charge in [-0.1, -0.05) is 54.8 Å². The van der Waals surface area contributed by atoms with E-state index in [-0.39, 0.29) is 226 Å². The van der Waals surface area contributed by atoms with E-state index in [1.807, 2.05) is 0 Å². The third kappa shape index (κ3) is 1890. The zero-order valence-electron chi connectivity index (χ0n) is 24.6. The zero-order valence-corrected chi connectivity index (χ0v) is 30.6. The Morgan fingerprint density at radius 3 is 0.167 bits per heavy atom. The van der Waals surface area contributed by atoms with Gasteiger partial charge < -0.3 is 111 Å². The van der Waals surface area contributed by atoms with Gasteiger partial charge in [0.25, 0.3) is 0 Å². The van der Waals surface area contributed by atoms with Gasteiger partial charge in [-0.05, 0) is 0 Å². The maximum absolute atomic E-state index is 10.2. The van der Waals surface area contributed by atoms with Crippen molar-refractivity contribution < 1.29 is 337 Å². The van der Waals surface area contributed by atoms with Crippen molar-refractivity contribution in [3.8, 4) is 0 Å². The van der Waals surface area contributed by atoms with Gasteiger partial charge in [0.1, 0.15) is 0 Å². The van der Waals surface area contributed by atoms with Gasteiger partial charge in [-0.15, -0.1) is 0 Å². The van der Waals surface area contributed by atoms with Crippen molar-refractivity contribution in [2.45, 2.75) is 0 Å². The van der Waals surface area contributed by atoms with Crippen LogP contribution in [0.2, 0.25) is 0 Å². The zero-order chi connectivity index (χ0) is 27.0. The van der Waals surface area contributed by atoms with Crippen LogP contribution in [0.4, 0.5) is 24.6 Å². The van der Waals surface area contributed by atoms with Crippen LogP contribution >= 0.6 is 0 Å². The van der Waals surface area contributed by atoms with E-state index >= 15 is 0 Å². The Bertz CT molecular complexity index is 263. The average Bonchev–Trinajstić information content (AvgIpc) is 1.94. The van der Waals surface area contributed by atoms with E-state index < -0.39 is 54.8 Å². The Kier molecular flexibility index (Phi) is 161. The summed E-state index contributed by atoms with van der Waals surface area (Å²) in [7, 11) is -35.2. The van der Waals surface area contributed by atoms with E-state index in [0.29, 0.717) is 0 Å². The van der Waals surface area contributed by atoms with E-state index in [2.05, 4.69) is 0 Å². The Labute approximate surface area is 386 Å². The molecule has 0 aromatic rings. The molecule has 0 bridgehead atoms. The van der Waals surface area contributed by atoms with Gasteiger partial charge in [-0.25, -0.2) is 0 Å². The van der Waals surface area contributed by atoms with Crippen LogP contribution in [0.15, 0.2) is 0 Å². The van der Waals surface area contributed by atoms with Crippen LogP contribution in [-0.2, 0) is 0 Å². The molecule has 0 aromatic carbocycles. The van der Waals surface area contributed by atoms with Gasteiger partial charge in [0.15, 0.2) is 0 Å². The monoisotopic (exact) mass is 654 g/mol. The Balaban J connectivity index is -0.00000000973. The summed E-state index contributed by atoms with van der Waals surface area (Å²) in [6.45, 7) is 0. The molecule has 42 heavy (non-hydrogen) atoms. The van der Waals surface area contributed by atoms with Crippen molar-refractivity contribution in [2.75, 3.05) is 0 Å². The normalized spacial score (nSPS) is 8.57. The van der Waals surface area contributed by atoms with Crippen LogP contribution in [0.1, 0.15) is 0 Å². The second-order valence-electron chi connectivity index (χ2n) is 2.89. The smallest absolute Gasteiger partial charge is 0.857 e. The first-order chi connectivity index (χ1) is 12.0. The first-order valence-electron chi connectivity index (χ1n) is 4.81. The summed E-state index contributed by atoms with van der Waals surface area (Å²) in [5, 5.41) is 0. The third-order valence-corrected chi connectivity index (χ3v) is 0. The van der Waals surface area contributed by atoms with Crippen LogP contribution in [-0.4, -0.2) is 54.8 Å². The molecule has 0 saturated carbocycles. The molecule has 0 spiro atoms. The van der Waals surface area contributed by atoms with Crippen molar-refractivity contribution in [1.29, 1.82) is 0 Å². The first kappa shape index (κ1) is 117. The molecule has 0 radical (unpaired) electrons. The van der Waals surface area contributed by atoms with Crippen molar-refractivity contribution in [1.82, 2.24) is 0 Å². The SMILES string of the molecule is [Li+].[Li+].[Li+].[Li+].[Li+].[Li+].[Li+].[Li+].[Li+].[Li+].[Li+].[Li+].[O-][Si]([O-])([O-])F.[O-][Si]([O-])([O-])F.[O-][Si]([O-])([O-])F.[O-][Si]([O-])([O-])F.[O-][Si]([O-])([O-])F.[O-][Si]([O-])([O-])F. The van der Waals surface area contributed by atoms with E-state index in [9.17, 15) is 24.6 Å². The maximum atomic E-state index is 10.2. The van der Waals surface area contributed by atoms with Crippen molar-refractivity contribution >= 4 is 54.8 Å². The molecule has 0 aliphatic carbocycles. The summed E-state index contributed by atoms with van der Waals surface area (Å²) < 4.78 is 61.0. The van der Waals surface area contributed by atoms with Gasteiger partial charge in [0.2, 0.25) is 0 Å². The molecule has 0 atom stereocenters. The second kappa shape index (κ2) is 57.7. The van der Waals surface area contributed by atoms with E-state index in [1.54, 1.807) is 0 Å². The van der Waals surface area contributed by atoms with Crippen LogP contribution < -0.4 is 313 Å². The molecule has 0 rings (SSSR count). The molecule has 0 aliphatic rings. The Morgan fingerprint density at radius 1 is 0.167 bits per heavy atom. The summed E-state index contributed by atoms with van der Waals surface area (Å²) >= 11 is 0. The molecule has 0 saturated heterocycles. The number of hydrogen-bond donors (Lipinski definition) is 0. The van der Waals surface area contributed by atoms with E-state index in [4.69, 9.17) is 86.3 Å². The van der Waals surface area contributed by atoms with Crippen molar-refractivity contribution in [2.24, 2.45) is 0 Å². The van der Waals surface area contributed by atoms with Gasteiger partial charge in [0, 0.05) is 0 Å². The average molecular weight is 654 g/mol. The molecule has 42 heteroatoms. The van der Waals surface area contributed by atoms with Gasteiger partial charge in [-0.3, -0.25) is 0 Å². The minimum absolute atomic E-state index is 0. The van der Waals surface area contributed by atoms with Gasteiger partial charge in [0.05, 0.1) is 0 Å². The molecule has 192 valence electrons. The fourth-order valence-corrected chi connectivity index (χ4v) is 0. The molecular formula is F6Li12O18Si6-6. The van der Waals surface area contributed by atoms with Crippen LogP contribution in [0.5, 0.6) is 0 Å². The number of halogens is 6. The van der Waals surface area contributed by atoms with Crippen molar-refractivity contribution in [3.63, 3.8) is 0 Å². The molecule has 0 heterocycles. The maximum Gasteiger partial charge on any atom is 1.00 e. The molecular weight excluding hydrogens is 654 g/mol. The first-order valence-corrected chi connectivity index (χ1v) is 14.4. The Morgan fingerprint density at radius 2 is 0.167 bits per heavy atom. The van der Waals surface area contributed by atoms with E-state index in [1.165, 1.54) is 0 Å². The standard InChI is InChI=1S/6FO3Si.12Li/c6*1-5(2,3)4;;;;;;;;;;;;/q6*-3;12*+1. The van der Waals surface area contributed by atoms with Crippen LogP contribution in [0.25, 0.3) is 0 Å². The van der Waals surface area contributed by atoms with E-state index in [0.717, 1.165) is 0 Å². The molecule has 0 unspecified atom stereocenters. The van der Waals surface area contributed by atoms with Gasteiger partial charge >= 0.3 is 226 Å². The summed E-state index contributed by atoms with van der Waals surface area (Å²) in [5.74, 6) is 0. The molecule has 0 amide bonds. The molecule has 0 fully saturated rings. The minimum atomic E-state index is -5.86. The molecule has 0 N–H and O–H groups in total. The summed E-state index contributed by atoms with van der Waals surface area (Å²) in [5.41, 5.74) is 0. The van der Waals surface area contributed by atoms with Crippen LogP contribution in [0, 0.1) is 0 Å². The predicted molar refractivity (Wildman–Crippen MR) is 41.2 cm³/mol. The Hall–Kier alpha value is 7.33. The quantitative estimate of drug-likeness (QED) is 0.133. The third-order valence-electron chi connectivity index (χ3n) is 0. The molecule has 18 nitrogen and oxygen atoms in total. The molecule has 0 aliphatic heterocycles. The molecule has 0 aromatic heterocycles. The topological polar surface area (TPSA) is 415 Å². The fraction of sp³-hybridized carbons (Fsp3) is 0. The summed E-state index contributed by atoms with van der Waals surface area (Å²) in [6.07, 6.45) is 0. The minimum Gasteiger partial charge on any atom is -0.857 e. The number of hydrogen-bond acceptors (Lipinski definition) is 18. The second-order valence-corrected chi connectivity index (χ2v) is 8.67. The summed E-state index contributed by atoms with van der Waals surface area (Å²) in [6, 6.07) is 0.